The van der Waals surface area contributed by atoms with Gasteiger partial charge in [0, 0.05) is 31.2 Å². The van der Waals surface area contributed by atoms with E-state index in [0.29, 0.717) is 24.6 Å². The molecule has 170 valence electrons. The van der Waals surface area contributed by atoms with Crippen LogP contribution < -0.4 is 9.64 Å². The van der Waals surface area contributed by atoms with Crippen molar-refractivity contribution in [3.05, 3.63) is 53.1 Å². The van der Waals surface area contributed by atoms with Gasteiger partial charge in [0.15, 0.2) is 5.13 Å². The number of amides is 1. The minimum Gasteiger partial charge on any atom is -0.493 e. The van der Waals surface area contributed by atoms with Gasteiger partial charge in [-0.15, -0.1) is 0 Å². The van der Waals surface area contributed by atoms with E-state index in [1.54, 1.807) is 0 Å². The first-order chi connectivity index (χ1) is 15.6. The van der Waals surface area contributed by atoms with E-state index in [4.69, 9.17) is 26.1 Å². The molecule has 4 rings (SSSR count). The number of hydrogen-bond acceptors (Lipinski definition) is 6. The smallest absolute Gasteiger partial charge is 0.232 e. The fraction of sp³-hybridized carbons (Fsp3) is 0.417. The summed E-state index contributed by atoms with van der Waals surface area (Å²) in [6, 6.07) is 13.4. The van der Waals surface area contributed by atoms with E-state index in [1.807, 2.05) is 54.3 Å². The summed E-state index contributed by atoms with van der Waals surface area (Å²) < 4.78 is 12.2. The van der Waals surface area contributed by atoms with E-state index in [1.165, 1.54) is 11.3 Å². The molecule has 1 aliphatic heterocycles. The predicted octanol–water partition coefficient (Wildman–Crippen LogP) is 4.78. The van der Waals surface area contributed by atoms with Crippen LogP contribution in [-0.4, -0.2) is 61.8 Å². The molecule has 1 fully saturated rings. The van der Waals surface area contributed by atoms with Gasteiger partial charge >= 0.3 is 0 Å². The number of aromatic nitrogens is 1. The van der Waals surface area contributed by atoms with Crippen LogP contribution in [0.2, 0.25) is 5.02 Å². The first-order valence-corrected chi connectivity index (χ1v) is 12.1. The number of carbonyl (C=O) groups excluding carboxylic acids is 1. The highest BCUT2D eigenvalue weighted by atomic mass is 35.5. The van der Waals surface area contributed by atoms with Crippen molar-refractivity contribution in [2.75, 3.05) is 50.9 Å². The highest BCUT2D eigenvalue weighted by Crippen LogP contribution is 2.33. The normalized spacial score (nSPS) is 14.6. The van der Waals surface area contributed by atoms with Gasteiger partial charge in [0.2, 0.25) is 5.91 Å². The van der Waals surface area contributed by atoms with Gasteiger partial charge in [-0.2, -0.15) is 0 Å². The van der Waals surface area contributed by atoms with Crippen LogP contribution in [0.15, 0.2) is 42.5 Å². The molecule has 0 saturated carbocycles. The molecule has 0 N–H and O–H groups in total. The third-order valence-corrected chi connectivity index (χ3v) is 6.70. The van der Waals surface area contributed by atoms with Crippen molar-refractivity contribution in [2.24, 2.45) is 0 Å². The van der Waals surface area contributed by atoms with Gasteiger partial charge < -0.3 is 9.47 Å². The number of ether oxygens (including phenoxy) is 2. The molecule has 32 heavy (non-hydrogen) atoms. The maximum atomic E-state index is 13.2. The highest BCUT2D eigenvalue weighted by molar-refractivity contribution is 7.22. The summed E-state index contributed by atoms with van der Waals surface area (Å²) in [5.74, 6) is 0.787. The van der Waals surface area contributed by atoms with Gasteiger partial charge in [0.1, 0.15) is 5.75 Å². The molecule has 0 unspecified atom stereocenters. The zero-order valence-corrected chi connectivity index (χ0v) is 19.8. The van der Waals surface area contributed by atoms with Crippen LogP contribution in [0.1, 0.15) is 18.4 Å². The Morgan fingerprint density at radius 3 is 2.81 bits per heavy atom. The third-order valence-electron chi connectivity index (χ3n) is 5.46. The molecule has 1 saturated heterocycles. The van der Waals surface area contributed by atoms with Gasteiger partial charge in [-0.25, -0.2) is 4.98 Å². The summed E-state index contributed by atoms with van der Waals surface area (Å²) >= 11 is 7.75. The van der Waals surface area contributed by atoms with Crippen LogP contribution in [-0.2, 0) is 9.53 Å². The maximum absolute atomic E-state index is 13.2. The van der Waals surface area contributed by atoms with Gasteiger partial charge in [-0.1, -0.05) is 41.1 Å². The molecule has 8 heteroatoms. The standard InChI is InChI=1S/C24H28ClN3O3S/c1-18-16-19(25)17-21-23(18)26-24(32-21)28(10-5-9-27-11-14-30-15-12-27)22(29)8-13-31-20-6-3-2-4-7-20/h2-4,6-7,16-17H,5,8-15H2,1H3. The highest BCUT2D eigenvalue weighted by Gasteiger charge is 2.21. The molecule has 0 radical (unpaired) electrons. The van der Waals surface area contributed by atoms with Gasteiger partial charge in [-0.3, -0.25) is 14.6 Å². The summed E-state index contributed by atoms with van der Waals surface area (Å²) in [4.78, 5) is 22.2. The largest absolute Gasteiger partial charge is 0.493 e. The molecule has 2 heterocycles. The minimum atomic E-state index is 0.0192. The summed E-state index contributed by atoms with van der Waals surface area (Å²) in [5, 5.41) is 1.41. The van der Waals surface area contributed by atoms with E-state index in [-0.39, 0.29) is 5.91 Å². The van der Waals surface area contributed by atoms with Crippen LogP contribution >= 0.6 is 22.9 Å². The molecule has 3 aromatic rings. The number of nitrogens with zero attached hydrogens (tertiary/aromatic N) is 3. The second-order valence-electron chi connectivity index (χ2n) is 7.83. The fourth-order valence-electron chi connectivity index (χ4n) is 3.77. The van der Waals surface area contributed by atoms with Crippen LogP contribution in [0.3, 0.4) is 0 Å². The van der Waals surface area contributed by atoms with E-state index < -0.39 is 0 Å². The summed E-state index contributed by atoms with van der Waals surface area (Å²) in [5.41, 5.74) is 1.92. The van der Waals surface area contributed by atoms with Gasteiger partial charge in [-0.05, 0) is 43.2 Å². The molecular weight excluding hydrogens is 446 g/mol. The van der Waals surface area contributed by atoms with E-state index in [9.17, 15) is 4.79 Å². The second kappa shape index (κ2) is 11.1. The molecule has 6 nitrogen and oxygen atoms in total. The second-order valence-corrected chi connectivity index (χ2v) is 9.28. The lowest BCUT2D eigenvalue weighted by atomic mass is 10.2. The first kappa shape index (κ1) is 23.0. The number of rotatable bonds is 9. The zero-order chi connectivity index (χ0) is 22.3. The van der Waals surface area contributed by atoms with Gasteiger partial charge in [0.05, 0.1) is 36.5 Å². The Labute approximate surface area is 197 Å². The van der Waals surface area contributed by atoms with Crippen LogP contribution in [0.5, 0.6) is 5.75 Å². The Kier molecular flexibility index (Phi) is 7.97. The Hall–Kier alpha value is -2.19. The molecule has 1 aliphatic rings. The molecular formula is C24H28ClN3O3S. The molecule has 1 aromatic heterocycles. The first-order valence-electron chi connectivity index (χ1n) is 10.9. The number of anilines is 1. The van der Waals surface area contributed by atoms with Crippen LogP contribution in [0.25, 0.3) is 10.2 Å². The Morgan fingerprint density at radius 2 is 2.03 bits per heavy atom. The van der Waals surface area contributed by atoms with Crippen molar-refractivity contribution in [1.29, 1.82) is 0 Å². The molecule has 0 aliphatic carbocycles. The molecule has 0 spiro atoms. The number of hydrogen-bond donors (Lipinski definition) is 0. The van der Waals surface area contributed by atoms with Crippen LogP contribution in [0.4, 0.5) is 5.13 Å². The molecule has 1 amide bonds. The summed E-state index contributed by atoms with van der Waals surface area (Å²) in [6.07, 6.45) is 1.17. The molecule has 0 bridgehead atoms. The topological polar surface area (TPSA) is 54.9 Å². The van der Waals surface area contributed by atoms with Crippen molar-refractivity contribution < 1.29 is 14.3 Å². The quantitative estimate of drug-likeness (QED) is 0.447. The number of thiazole rings is 1. The minimum absolute atomic E-state index is 0.0192. The van der Waals surface area contributed by atoms with E-state index in [0.717, 1.165) is 65.9 Å². The van der Waals surface area contributed by atoms with E-state index in [2.05, 4.69) is 4.90 Å². The Balaban J connectivity index is 1.45. The average molecular weight is 474 g/mol. The monoisotopic (exact) mass is 473 g/mol. The lowest BCUT2D eigenvalue weighted by Crippen LogP contribution is -2.39. The lowest BCUT2D eigenvalue weighted by molar-refractivity contribution is -0.119. The van der Waals surface area contributed by atoms with Crippen molar-refractivity contribution in [3.8, 4) is 5.75 Å². The van der Waals surface area contributed by atoms with Crippen molar-refractivity contribution in [1.82, 2.24) is 9.88 Å². The van der Waals surface area contributed by atoms with Crippen molar-refractivity contribution in [3.63, 3.8) is 0 Å². The number of aryl methyl sites for hydroxylation is 1. The molecule has 2 aromatic carbocycles. The predicted molar refractivity (Wildman–Crippen MR) is 130 cm³/mol. The van der Waals surface area contributed by atoms with E-state index >= 15 is 0 Å². The Bertz CT molecular complexity index is 1040. The lowest BCUT2D eigenvalue weighted by Gasteiger charge is -2.27. The molecule has 0 atom stereocenters. The number of carbonyl (C=O) groups is 1. The van der Waals surface area contributed by atoms with Crippen molar-refractivity contribution in [2.45, 2.75) is 19.8 Å². The van der Waals surface area contributed by atoms with Crippen molar-refractivity contribution >= 4 is 44.2 Å². The number of fused-ring (bicyclic) bond motifs is 1. The van der Waals surface area contributed by atoms with Crippen LogP contribution in [0, 0.1) is 6.92 Å². The summed E-state index contributed by atoms with van der Waals surface area (Å²) in [7, 11) is 0. The zero-order valence-electron chi connectivity index (χ0n) is 18.3. The number of halogens is 1. The number of benzene rings is 2. The average Bonchev–Trinajstić information content (AvgIpc) is 3.22. The number of para-hydroxylation sites is 1. The maximum Gasteiger partial charge on any atom is 0.232 e. The summed E-state index contributed by atoms with van der Waals surface area (Å²) in [6.45, 7) is 7.32. The number of morpholine rings is 1. The third kappa shape index (κ3) is 5.98. The fourth-order valence-corrected chi connectivity index (χ4v) is 5.23. The SMILES string of the molecule is Cc1cc(Cl)cc2sc(N(CCCN3CCOCC3)C(=O)CCOc3ccccc3)nc12. The Morgan fingerprint density at radius 1 is 1.25 bits per heavy atom. The van der Waals surface area contributed by atoms with Gasteiger partial charge in [0.25, 0.3) is 0 Å².